The van der Waals surface area contributed by atoms with Crippen LogP contribution < -0.4 is 5.32 Å². The normalized spacial score (nSPS) is 14.3. The summed E-state index contributed by atoms with van der Waals surface area (Å²) in [6, 6.07) is 8.77. The third-order valence-corrected chi connectivity index (χ3v) is 3.80. The summed E-state index contributed by atoms with van der Waals surface area (Å²) in [5, 5.41) is 13.8. The number of aliphatic hydroxyl groups is 1. The molecule has 0 aliphatic rings. The van der Waals surface area contributed by atoms with Gasteiger partial charge in [-0.15, -0.1) is 0 Å². The zero-order valence-electron chi connectivity index (χ0n) is 10.4. The number of aliphatic hydroxyl groups excluding tert-OH is 1. The molecule has 0 saturated carbocycles. The molecule has 0 spiro atoms. The molecule has 102 valence electrons. The van der Waals surface area contributed by atoms with E-state index >= 15 is 0 Å². The number of furan rings is 1. The van der Waals surface area contributed by atoms with Crippen molar-refractivity contribution >= 4 is 23.2 Å². The molecule has 19 heavy (non-hydrogen) atoms. The molecule has 5 heteroatoms. The van der Waals surface area contributed by atoms with Crippen LogP contribution in [0, 0.1) is 0 Å². The smallest absolute Gasteiger partial charge is 0.123 e. The van der Waals surface area contributed by atoms with Crippen LogP contribution in [0.25, 0.3) is 0 Å². The van der Waals surface area contributed by atoms with Gasteiger partial charge in [-0.1, -0.05) is 35.3 Å². The van der Waals surface area contributed by atoms with E-state index in [-0.39, 0.29) is 18.7 Å². The van der Waals surface area contributed by atoms with Crippen LogP contribution in [0.4, 0.5) is 0 Å². The van der Waals surface area contributed by atoms with Crippen molar-refractivity contribution in [3.05, 3.63) is 58.0 Å². The summed E-state index contributed by atoms with van der Waals surface area (Å²) in [7, 11) is 0. The summed E-state index contributed by atoms with van der Waals surface area (Å²) >= 11 is 12.2. The SMILES string of the molecule is CC(NC(CO)c1ccco1)c1cccc(Cl)c1Cl. The lowest BCUT2D eigenvalue weighted by Gasteiger charge is -2.21. The number of hydrogen-bond acceptors (Lipinski definition) is 3. The van der Waals surface area contributed by atoms with Crippen molar-refractivity contribution in [3.63, 3.8) is 0 Å². The minimum atomic E-state index is -0.278. The van der Waals surface area contributed by atoms with Crippen LogP contribution in [0.15, 0.2) is 41.0 Å². The van der Waals surface area contributed by atoms with E-state index in [0.717, 1.165) is 5.56 Å². The topological polar surface area (TPSA) is 45.4 Å². The maximum atomic E-state index is 9.44. The zero-order chi connectivity index (χ0) is 13.8. The number of hydrogen-bond donors (Lipinski definition) is 2. The molecule has 0 aliphatic carbocycles. The van der Waals surface area contributed by atoms with Crippen molar-refractivity contribution in [1.82, 2.24) is 5.32 Å². The Balaban J connectivity index is 2.16. The Kier molecular flexibility index (Phi) is 4.88. The minimum Gasteiger partial charge on any atom is -0.468 e. The van der Waals surface area contributed by atoms with Gasteiger partial charge in [-0.3, -0.25) is 5.32 Å². The predicted molar refractivity (Wildman–Crippen MR) is 76.5 cm³/mol. The first-order chi connectivity index (χ1) is 9.13. The number of nitrogens with one attached hydrogen (secondary N) is 1. The highest BCUT2D eigenvalue weighted by atomic mass is 35.5. The lowest BCUT2D eigenvalue weighted by atomic mass is 10.1. The van der Waals surface area contributed by atoms with Crippen LogP contribution in [0.3, 0.4) is 0 Å². The molecule has 2 N–H and O–H groups in total. The summed E-state index contributed by atoms with van der Waals surface area (Å²) in [4.78, 5) is 0. The van der Waals surface area contributed by atoms with Crippen LogP contribution in [0.2, 0.25) is 10.0 Å². The van der Waals surface area contributed by atoms with Gasteiger partial charge in [0.05, 0.1) is 29.0 Å². The summed E-state index contributed by atoms with van der Waals surface area (Å²) in [6.07, 6.45) is 1.58. The van der Waals surface area contributed by atoms with E-state index in [9.17, 15) is 5.11 Å². The first-order valence-corrected chi connectivity index (χ1v) is 6.73. The van der Waals surface area contributed by atoms with Crippen LogP contribution in [0.1, 0.15) is 30.3 Å². The number of halogens is 2. The van der Waals surface area contributed by atoms with Gasteiger partial charge in [-0.2, -0.15) is 0 Å². The van der Waals surface area contributed by atoms with Crippen molar-refractivity contribution in [3.8, 4) is 0 Å². The average Bonchev–Trinajstić information content (AvgIpc) is 2.92. The van der Waals surface area contributed by atoms with Crippen LogP contribution in [0.5, 0.6) is 0 Å². The highest BCUT2D eigenvalue weighted by Gasteiger charge is 2.19. The molecule has 2 atom stereocenters. The summed E-state index contributed by atoms with van der Waals surface area (Å²) in [5.41, 5.74) is 0.888. The van der Waals surface area contributed by atoms with Gasteiger partial charge in [0.15, 0.2) is 0 Å². The fourth-order valence-electron chi connectivity index (χ4n) is 1.96. The Morgan fingerprint density at radius 2 is 2.05 bits per heavy atom. The Bertz CT molecular complexity index is 528. The minimum absolute atomic E-state index is 0.0595. The second-order valence-corrected chi connectivity index (χ2v) is 5.07. The first-order valence-electron chi connectivity index (χ1n) is 5.97. The molecule has 2 rings (SSSR count). The predicted octanol–water partition coefficient (Wildman–Crippen LogP) is 3.97. The third kappa shape index (κ3) is 3.31. The Morgan fingerprint density at radius 1 is 1.26 bits per heavy atom. The lowest BCUT2D eigenvalue weighted by Crippen LogP contribution is -2.27. The average molecular weight is 300 g/mol. The van der Waals surface area contributed by atoms with Gasteiger partial charge in [-0.05, 0) is 30.7 Å². The Hall–Kier alpha value is -1.000. The van der Waals surface area contributed by atoms with Crippen LogP contribution in [-0.2, 0) is 0 Å². The van der Waals surface area contributed by atoms with Gasteiger partial charge in [-0.25, -0.2) is 0 Å². The van der Waals surface area contributed by atoms with Gasteiger partial charge in [0.1, 0.15) is 5.76 Å². The molecule has 1 aromatic carbocycles. The summed E-state index contributed by atoms with van der Waals surface area (Å²) < 4.78 is 5.30. The van der Waals surface area contributed by atoms with E-state index in [1.54, 1.807) is 18.4 Å². The number of rotatable bonds is 5. The third-order valence-electron chi connectivity index (χ3n) is 2.97. The molecule has 1 aromatic heterocycles. The van der Waals surface area contributed by atoms with Gasteiger partial charge in [0.25, 0.3) is 0 Å². The fourth-order valence-corrected chi connectivity index (χ4v) is 2.43. The molecule has 0 fully saturated rings. The largest absolute Gasteiger partial charge is 0.468 e. The molecule has 1 heterocycles. The zero-order valence-corrected chi connectivity index (χ0v) is 11.9. The van der Waals surface area contributed by atoms with Crippen molar-refractivity contribution in [1.29, 1.82) is 0 Å². The van der Waals surface area contributed by atoms with E-state index in [1.165, 1.54) is 0 Å². The highest BCUT2D eigenvalue weighted by molar-refractivity contribution is 6.42. The Morgan fingerprint density at radius 3 is 2.68 bits per heavy atom. The van der Waals surface area contributed by atoms with Crippen LogP contribution in [-0.4, -0.2) is 11.7 Å². The molecular weight excluding hydrogens is 285 g/mol. The van der Waals surface area contributed by atoms with E-state index in [4.69, 9.17) is 27.6 Å². The fraction of sp³-hybridized carbons (Fsp3) is 0.286. The van der Waals surface area contributed by atoms with Crippen molar-refractivity contribution < 1.29 is 9.52 Å². The molecule has 0 amide bonds. The van der Waals surface area contributed by atoms with E-state index < -0.39 is 0 Å². The van der Waals surface area contributed by atoms with Crippen molar-refractivity contribution in [2.45, 2.75) is 19.0 Å². The molecule has 3 nitrogen and oxygen atoms in total. The van der Waals surface area contributed by atoms with E-state index in [1.807, 2.05) is 25.1 Å². The standard InChI is InChI=1S/C14H15Cl2NO2/c1-9(10-4-2-5-11(15)14(10)16)17-12(8-18)13-6-3-7-19-13/h2-7,9,12,17-18H,8H2,1H3. The molecule has 0 radical (unpaired) electrons. The van der Waals surface area contributed by atoms with E-state index in [0.29, 0.717) is 15.8 Å². The highest BCUT2D eigenvalue weighted by Crippen LogP contribution is 2.31. The van der Waals surface area contributed by atoms with Crippen molar-refractivity contribution in [2.75, 3.05) is 6.61 Å². The molecule has 2 unspecified atom stereocenters. The molecular formula is C14H15Cl2NO2. The second-order valence-electron chi connectivity index (χ2n) is 4.28. The van der Waals surface area contributed by atoms with Crippen LogP contribution >= 0.6 is 23.2 Å². The van der Waals surface area contributed by atoms with Gasteiger partial charge in [0, 0.05) is 6.04 Å². The lowest BCUT2D eigenvalue weighted by molar-refractivity contribution is 0.217. The van der Waals surface area contributed by atoms with Gasteiger partial charge in [0.2, 0.25) is 0 Å². The summed E-state index contributed by atoms with van der Waals surface area (Å²) in [6.45, 7) is 1.90. The van der Waals surface area contributed by atoms with E-state index in [2.05, 4.69) is 5.32 Å². The van der Waals surface area contributed by atoms with Crippen molar-refractivity contribution in [2.24, 2.45) is 0 Å². The Labute approximate surface area is 122 Å². The summed E-state index contributed by atoms with van der Waals surface area (Å²) in [5.74, 6) is 0.688. The number of benzene rings is 1. The maximum Gasteiger partial charge on any atom is 0.123 e. The van der Waals surface area contributed by atoms with Gasteiger partial charge >= 0.3 is 0 Å². The quantitative estimate of drug-likeness (QED) is 0.878. The monoisotopic (exact) mass is 299 g/mol. The first kappa shape index (κ1) is 14.4. The molecule has 0 bridgehead atoms. The van der Waals surface area contributed by atoms with Gasteiger partial charge < -0.3 is 9.52 Å². The molecule has 2 aromatic rings. The maximum absolute atomic E-state index is 9.44. The second kappa shape index (κ2) is 6.44. The molecule has 0 aliphatic heterocycles. The molecule has 0 saturated heterocycles.